The molecule has 1 heterocycles. The molecule has 5 fully saturated rings. The van der Waals surface area contributed by atoms with Crippen LogP contribution in [0.3, 0.4) is 0 Å². The van der Waals surface area contributed by atoms with Gasteiger partial charge >= 0.3 is 0 Å². The second-order valence-electron chi connectivity index (χ2n) is 9.22. The van der Waals surface area contributed by atoms with Crippen LogP contribution in [-0.2, 0) is 4.79 Å². The number of rotatable bonds is 4. The predicted molar refractivity (Wildman–Crippen MR) is 89.8 cm³/mol. The fraction of sp³-hybridized carbons (Fsp3) is 0.947. The SMILES string of the molecule is CC(C)CN1C[C@H](O)C[C@@H]1C(=O)NC1C2CC3CC(C2)CC1C3. The molecule has 23 heavy (non-hydrogen) atoms. The van der Waals surface area contributed by atoms with Crippen LogP contribution in [0.25, 0.3) is 0 Å². The Morgan fingerprint density at radius 1 is 1.09 bits per heavy atom. The summed E-state index contributed by atoms with van der Waals surface area (Å²) in [5.41, 5.74) is 0. The third-order valence-corrected chi connectivity index (χ3v) is 6.82. The van der Waals surface area contributed by atoms with E-state index in [0.29, 0.717) is 24.9 Å². The lowest BCUT2D eigenvalue weighted by Gasteiger charge is -2.54. The number of β-amino-alcohol motifs (C(OH)–C–C–N with tert-alkyl or cyclic N) is 1. The molecule has 0 aromatic heterocycles. The fourth-order valence-corrected chi connectivity index (χ4v) is 6.24. The molecule has 1 amide bonds. The summed E-state index contributed by atoms with van der Waals surface area (Å²) in [5, 5.41) is 13.5. The van der Waals surface area contributed by atoms with Crippen molar-refractivity contribution in [2.24, 2.45) is 29.6 Å². The molecule has 1 aliphatic heterocycles. The van der Waals surface area contributed by atoms with Crippen molar-refractivity contribution in [1.29, 1.82) is 0 Å². The van der Waals surface area contributed by atoms with Gasteiger partial charge in [-0.1, -0.05) is 13.8 Å². The second kappa shape index (κ2) is 6.03. The van der Waals surface area contributed by atoms with E-state index in [1.54, 1.807) is 0 Å². The third kappa shape index (κ3) is 3.05. The van der Waals surface area contributed by atoms with Crippen molar-refractivity contribution in [3.8, 4) is 0 Å². The summed E-state index contributed by atoms with van der Waals surface area (Å²) < 4.78 is 0. The minimum absolute atomic E-state index is 0.121. The summed E-state index contributed by atoms with van der Waals surface area (Å²) in [6.45, 7) is 5.91. The molecule has 0 aromatic rings. The molecule has 5 aliphatic rings. The van der Waals surface area contributed by atoms with Gasteiger partial charge < -0.3 is 10.4 Å². The van der Waals surface area contributed by atoms with E-state index in [1.807, 2.05) is 0 Å². The molecule has 2 N–H and O–H groups in total. The van der Waals surface area contributed by atoms with Gasteiger partial charge in [0.2, 0.25) is 5.91 Å². The number of aliphatic hydroxyl groups is 1. The molecule has 5 rings (SSSR count). The third-order valence-electron chi connectivity index (χ3n) is 6.82. The van der Waals surface area contributed by atoms with Gasteiger partial charge in [-0.25, -0.2) is 0 Å². The zero-order chi connectivity index (χ0) is 16.1. The van der Waals surface area contributed by atoms with Crippen LogP contribution in [0.2, 0.25) is 0 Å². The average Bonchev–Trinajstić information content (AvgIpc) is 2.82. The molecule has 4 aliphatic carbocycles. The lowest BCUT2D eigenvalue weighted by atomic mass is 9.54. The Morgan fingerprint density at radius 3 is 2.26 bits per heavy atom. The van der Waals surface area contributed by atoms with Crippen LogP contribution in [-0.4, -0.2) is 47.2 Å². The van der Waals surface area contributed by atoms with E-state index >= 15 is 0 Å². The highest BCUT2D eigenvalue weighted by atomic mass is 16.3. The Morgan fingerprint density at radius 2 is 1.70 bits per heavy atom. The largest absolute Gasteiger partial charge is 0.392 e. The Kier molecular flexibility index (Phi) is 4.17. The van der Waals surface area contributed by atoms with Crippen molar-refractivity contribution in [3.05, 3.63) is 0 Å². The van der Waals surface area contributed by atoms with E-state index < -0.39 is 0 Å². The van der Waals surface area contributed by atoms with Gasteiger partial charge in [0.05, 0.1) is 12.1 Å². The summed E-state index contributed by atoms with van der Waals surface area (Å²) in [6.07, 6.45) is 7.04. The smallest absolute Gasteiger partial charge is 0.237 e. The number of carbonyl (C=O) groups is 1. The normalized spacial score (nSPS) is 45.8. The molecule has 2 atom stereocenters. The molecule has 0 spiro atoms. The Bertz CT molecular complexity index is 436. The van der Waals surface area contributed by atoms with Crippen LogP contribution in [0.15, 0.2) is 0 Å². The minimum Gasteiger partial charge on any atom is -0.392 e. The van der Waals surface area contributed by atoms with Gasteiger partial charge in [-0.3, -0.25) is 9.69 Å². The summed E-state index contributed by atoms with van der Waals surface area (Å²) in [7, 11) is 0. The number of amides is 1. The Labute approximate surface area is 140 Å². The molecule has 0 unspecified atom stereocenters. The minimum atomic E-state index is -0.344. The van der Waals surface area contributed by atoms with Crippen LogP contribution in [0, 0.1) is 29.6 Å². The molecule has 4 saturated carbocycles. The first-order valence-electron chi connectivity index (χ1n) is 9.72. The van der Waals surface area contributed by atoms with Gasteiger partial charge in [0, 0.05) is 19.1 Å². The maximum absolute atomic E-state index is 12.9. The van der Waals surface area contributed by atoms with Gasteiger partial charge in [0.15, 0.2) is 0 Å². The average molecular weight is 320 g/mol. The van der Waals surface area contributed by atoms with Crippen LogP contribution in [0.5, 0.6) is 0 Å². The van der Waals surface area contributed by atoms with E-state index in [2.05, 4.69) is 24.1 Å². The Balaban J connectivity index is 1.41. The molecule has 4 nitrogen and oxygen atoms in total. The van der Waals surface area contributed by atoms with Crippen LogP contribution in [0.1, 0.15) is 52.4 Å². The number of hydrogen-bond donors (Lipinski definition) is 2. The molecular formula is C19H32N2O2. The van der Waals surface area contributed by atoms with E-state index in [9.17, 15) is 9.90 Å². The van der Waals surface area contributed by atoms with Crippen molar-refractivity contribution in [2.45, 2.75) is 70.6 Å². The van der Waals surface area contributed by atoms with Gasteiger partial charge in [-0.2, -0.15) is 0 Å². The zero-order valence-corrected chi connectivity index (χ0v) is 14.6. The number of nitrogens with one attached hydrogen (secondary N) is 1. The van der Waals surface area contributed by atoms with Gasteiger partial charge in [0.1, 0.15) is 0 Å². The predicted octanol–water partition coefficient (Wildman–Crippen LogP) is 2.02. The first-order valence-corrected chi connectivity index (χ1v) is 9.72. The first kappa shape index (κ1) is 15.9. The highest BCUT2D eigenvalue weighted by Gasteiger charge is 2.49. The summed E-state index contributed by atoms with van der Waals surface area (Å²) in [5.74, 6) is 4.03. The highest BCUT2D eigenvalue weighted by molar-refractivity contribution is 5.82. The molecule has 4 heteroatoms. The molecule has 0 radical (unpaired) electrons. The van der Waals surface area contributed by atoms with Crippen LogP contribution < -0.4 is 5.32 Å². The van der Waals surface area contributed by atoms with Crippen molar-refractivity contribution < 1.29 is 9.90 Å². The highest BCUT2D eigenvalue weighted by Crippen LogP contribution is 2.53. The number of aliphatic hydroxyl groups excluding tert-OH is 1. The topological polar surface area (TPSA) is 52.6 Å². The Hall–Kier alpha value is -0.610. The lowest BCUT2D eigenvalue weighted by Crippen LogP contribution is -2.58. The molecule has 0 aromatic carbocycles. The first-order chi connectivity index (χ1) is 11.0. The number of carbonyl (C=O) groups excluding carboxylic acids is 1. The van der Waals surface area contributed by atoms with E-state index in [0.717, 1.165) is 30.2 Å². The van der Waals surface area contributed by atoms with E-state index in [1.165, 1.54) is 32.1 Å². The zero-order valence-electron chi connectivity index (χ0n) is 14.6. The number of hydrogen-bond acceptors (Lipinski definition) is 3. The number of likely N-dealkylation sites (tertiary alicyclic amines) is 1. The number of nitrogens with zero attached hydrogens (tertiary/aromatic N) is 1. The van der Waals surface area contributed by atoms with Crippen molar-refractivity contribution in [2.75, 3.05) is 13.1 Å². The lowest BCUT2D eigenvalue weighted by molar-refractivity contribution is -0.129. The van der Waals surface area contributed by atoms with E-state index in [4.69, 9.17) is 0 Å². The standard InChI is InChI=1S/C19H32N2O2/c1-11(2)9-21-10-16(22)8-17(21)19(23)20-18-14-4-12-3-13(6-14)7-15(18)5-12/h11-18,22H,3-10H2,1-2H3,(H,20,23)/t12?,13?,14?,15?,16-,17-,18?/m1/s1. The summed E-state index contributed by atoms with van der Waals surface area (Å²) in [6, 6.07) is 0.290. The van der Waals surface area contributed by atoms with Crippen LogP contribution in [0.4, 0.5) is 0 Å². The maximum atomic E-state index is 12.9. The maximum Gasteiger partial charge on any atom is 0.237 e. The molecule has 1 saturated heterocycles. The molecular weight excluding hydrogens is 288 g/mol. The van der Waals surface area contributed by atoms with Gasteiger partial charge in [-0.15, -0.1) is 0 Å². The summed E-state index contributed by atoms with van der Waals surface area (Å²) in [4.78, 5) is 15.1. The molecule has 130 valence electrons. The van der Waals surface area contributed by atoms with Crippen molar-refractivity contribution >= 4 is 5.91 Å². The van der Waals surface area contributed by atoms with Gasteiger partial charge in [0.25, 0.3) is 0 Å². The monoisotopic (exact) mass is 320 g/mol. The van der Waals surface area contributed by atoms with E-state index in [-0.39, 0.29) is 18.1 Å². The van der Waals surface area contributed by atoms with Crippen LogP contribution >= 0.6 is 0 Å². The van der Waals surface area contributed by atoms with Crippen molar-refractivity contribution in [1.82, 2.24) is 10.2 Å². The second-order valence-corrected chi connectivity index (χ2v) is 9.22. The van der Waals surface area contributed by atoms with Crippen molar-refractivity contribution in [3.63, 3.8) is 0 Å². The molecule has 4 bridgehead atoms. The van der Waals surface area contributed by atoms with Gasteiger partial charge in [-0.05, 0) is 68.1 Å². The fourth-order valence-electron chi connectivity index (χ4n) is 6.24. The quantitative estimate of drug-likeness (QED) is 0.833. The summed E-state index contributed by atoms with van der Waals surface area (Å²) >= 11 is 0.